The third-order valence-corrected chi connectivity index (χ3v) is 4.76. The summed E-state index contributed by atoms with van der Waals surface area (Å²) in [5.74, 6) is 0.597. The molecule has 3 rings (SSSR count). The third-order valence-electron chi connectivity index (χ3n) is 4.76. The van der Waals surface area contributed by atoms with E-state index in [0.717, 1.165) is 6.34 Å². The largest absolute Gasteiger partial charge is 0.471 e. The van der Waals surface area contributed by atoms with E-state index in [4.69, 9.17) is 15.2 Å². The second-order valence-corrected chi connectivity index (χ2v) is 6.93. The number of hydrogen-bond donors (Lipinski definition) is 3. The fourth-order valence-electron chi connectivity index (χ4n) is 3.20. The monoisotopic (exact) mass is 417 g/mol. The molecule has 1 aromatic heterocycles. The first-order valence-electron chi connectivity index (χ1n) is 9.29. The molecule has 0 radical (unpaired) electrons. The number of non-ortho nitro benzene ring substituents is 1. The lowest BCUT2D eigenvalue weighted by molar-refractivity contribution is -0.384. The second-order valence-electron chi connectivity index (χ2n) is 6.93. The van der Waals surface area contributed by atoms with E-state index in [1.54, 1.807) is 26.0 Å². The Morgan fingerprint density at radius 3 is 2.57 bits per heavy atom. The lowest BCUT2D eigenvalue weighted by atomic mass is 10.0. The molecule has 1 saturated heterocycles. The second kappa shape index (κ2) is 9.11. The number of nitrogens with two attached hydrogens (primary N) is 1. The number of aliphatic imine (C=N–C) groups is 1. The molecule has 1 aromatic carbocycles. The van der Waals surface area contributed by atoms with Crippen molar-refractivity contribution in [2.75, 3.05) is 0 Å². The highest BCUT2D eigenvalue weighted by Crippen LogP contribution is 2.33. The maximum Gasteiger partial charge on any atom is 0.269 e. The minimum Gasteiger partial charge on any atom is -0.471 e. The molecule has 1 fully saturated rings. The number of aliphatic hydroxyl groups is 2. The number of aliphatic hydroxyl groups excluding tert-OH is 2. The summed E-state index contributed by atoms with van der Waals surface area (Å²) in [7, 11) is 0. The summed E-state index contributed by atoms with van der Waals surface area (Å²) >= 11 is 0. The Bertz CT molecular complexity index is 936. The van der Waals surface area contributed by atoms with Crippen LogP contribution in [0.15, 0.2) is 29.3 Å². The summed E-state index contributed by atoms with van der Waals surface area (Å²) < 4.78 is 11.4. The van der Waals surface area contributed by atoms with E-state index in [1.165, 1.54) is 12.1 Å². The van der Waals surface area contributed by atoms with Gasteiger partial charge in [-0.3, -0.25) is 10.1 Å². The average Bonchev–Trinajstić information content (AvgIpc) is 2.95. The van der Waals surface area contributed by atoms with Crippen molar-refractivity contribution in [1.29, 1.82) is 0 Å². The molecule has 1 aliphatic heterocycles. The van der Waals surface area contributed by atoms with Crippen LogP contribution in [-0.2, 0) is 17.8 Å². The smallest absolute Gasteiger partial charge is 0.269 e. The van der Waals surface area contributed by atoms with Crippen LogP contribution in [0.5, 0.6) is 5.88 Å². The summed E-state index contributed by atoms with van der Waals surface area (Å²) in [5, 5.41) is 30.9. The Morgan fingerprint density at radius 2 is 2.00 bits per heavy atom. The van der Waals surface area contributed by atoms with Gasteiger partial charge in [0, 0.05) is 18.6 Å². The van der Waals surface area contributed by atoms with Gasteiger partial charge in [0.2, 0.25) is 5.88 Å². The number of nitro groups is 1. The van der Waals surface area contributed by atoms with E-state index in [9.17, 15) is 20.3 Å². The SMILES string of the molecule is Cc1nc(C[C@@H]2O[C@H](C)[C@@H](O)[C@H]2O)c(N=CN)c(OCc2ccc([N+](=O)[O-])cc2)n1. The zero-order valence-electron chi connectivity index (χ0n) is 16.5. The standard InChI is InChI=1S/C19H23N5O6/c1-10-17(25)18(26)15(30-10)7-14-16(21-9-20)19(23-11(2)22-14)29-8-12-3-5-13(6-4-12)24(27)28/h3-6,9-10,15,17-18,25-26H,7-8H2,1-2H3,(H2,20,21)/t10-,15+,17-,18+/m1/s1. The molecule has 160 valence electrons. The molecule has 2 heterocycles. The Kier molecular flexibility index (Phi) is 6.55. The van der Waals surface area contributed by atoms with Crippen molar-refractivity contribution in [3.8, 4) is 5.88 Å². The van der Waals surface area contributed by atoms with Crippen molar-refractivity contribution < 1.29 is 24.6 Å². The van der Waals surface area contributed by atoms with Gasteiger partial charge in [-0.1, -0.05) is 0 Å². The number of aromatic nitrogens is 2. The molecule has 0 spiro atoms. The Hall–Kier alpha value is -3.15. The van der Waals surface area contributed by atoms with Gasteiger partial charge in [0.05, 0.1) is 29.2 Å². The predicted octanol–water partition coefficient (Wildman–Crippen LogP) is 0.942. The van der Waals surface area contributed by atoms with Crippen LogP contribution in [0.4, 0.5) is 11.4 Å². The highest BCUT2D eigenvalue weighted by atomic mass is 16.6. The topological polar surface area (TPSA) is 166 Å². The normalized spacial score (nSPS) is 23.7. The molecule has 4 N–H and O–H groups in total. The van der Waals surface area contributed by atoms with Gasteiger partial charge in [-0.2, -0.15) is 4.98 Å². The van der Waals surface area contributed by atoms with Gasteiger partial charge >= 0.3 is 0 Å². The molecule has 0 amide bonds. The van der Waals surface area contributed by atoms with Crippen LogP contribution in [0.3, 0.4) is 0 Å². The summed E-state index contributed by atoms with van der Waals surface area (Å²) in [6.45, 7) is 3.46. The van der Waals surface area contributed by atoms with Crippen LogP contribution in [0, 0.1) is 17.0 Å². The summed E-state index contributed by atoms with van der Waals surface area (Å²) in [6, 6.07) is 5.95. The van der Waals surface area contributed by atoms with Crippen LogP contribution >= 0.6 is 0 Å². The zero-order chi connectivity index (χ0) is 21.8. The summed E-state index contributed by atoms with van der Waals surface area (Å²) in [6.07, 6.45) is -1.97. The van der Waals surface area contributed by atoms with E-state index in [1.807, 2.05) is 0 Å². The van der Waals surface area contributed by atoms with E-state index in [0.29, 0.717) is 17.1 Å². The van der Waals surface area contributed by atoms with Gasteiger partial charge in [-0.15, -0.1) is 0 Å². The molecule has 30 heavy (non-hydrogen) atoms. The molecule has 0 aliphatic carbocycles. The molecule has 11 nitrogen and oxygen atoms in total. The number of aryl methyl sites for hydroxylation is 1. The van der Waals surface area contributed by atoms with Crippen molar-refractivity contribution in [2.24, 2.45) is 10.7 Å². The Labute approximate surface area is 172 Å². The molecule has 0 unspecified atom stereocenters. The zero-order valence-corrected chi connectivity index (χ0v) is 16.5. The van der Waals surface area contributed by atoms with Crippen molar-refractivity contribution in [2.45, 2.75) is 51.3 Å². The quantitative estimate of drug-likeness (QED) is 0.257. The van der Waals surface area contributed by atoms with Crippen LogP contribution in [0.1, 0.15) is 24.0 Å². The average molecular weight is 417 g/mol. The first-order valence-corrected chi connectivity index (χ1v) is 9.29. The third kappa shape index (κ3) is 4.70. The molecule has 4 atom stereocenters. The molecule has 2 aromatic rings. The van der Waals surface area contributed by atoms with Gasteiger partial charge in [0.15, 0.2) is 0 Å². The number of hydrogen-bond acceptors (Lipinski definition) is 9. The maximum absolute atomic E-state index is 10.8. The molecule has 0 saturated carbocycles. The highest BCUT2D eigenvalue weighted by molar-refractivity contribution is 5.64. The van der Waals surface area contributed by atoms with Gasteiger partial charge < -0.3 is 25.4 Å². The van der Waals surface area contributed by atoms with E-state index < -0.39 is 29.3 Å². The van der Waals surface area contributed by atoms with Crippen LogP contribution < -0.4 is 10.5 Å². The molecule has 0 bridgehead atoms. The number of rotatable bonds is 7. The minimum absolute atomic E-state index is 0.0149. The minimum atomic E-state index is -1.06. The summed E-state index contributed by atoms with van der Waals surface area (Å²) in [4.78, 5) is 23.1. The first kappa shape index (κ1) is 21.6. The van der Waals surface area contributed by atoms with Crippen LogP contribution in [0.25, 0.3) is 0 Å². The Morgan fingerprint density at radius 1 is 1.30 bits per heavy atom. The van der Waals surface area contributed by atoms with Crippen molar-refractivity contribution >= 4 is 17.7 Å². The number of nitro benzene ring substituents is 1. The van der Waals surface area contributed by atoms with Crippen molar-refractivity contribution in [3.63, 3.8) is 0 Å². The highest BCUT2D eigenvalue weighted by Gasteiger charge is 2.40. The van der Waals surface area contributed by atoms with E-state index >= 15 is 0 Å². The fraction of sp³-hybridized carbons (Fsp3) is 0.421. The maximum atomic E-state index is 10.8. The van der Waals surface area contributed by atoms with Crippen LogP contribution in [-0.4, -0.2) is 55.9 Å². The van der Waals surface area contributed by atoms with E-state index in [2.05, 4.69) is 15.0 Å². The van der Waals surface area contributed by atoms with Crippen molar-refractivity contribution in [1.82, 2.24) is 9.97 Å². The lowest BCUT2D eigenvalue weighted by Crippen LogP contribution is -2.32. The number of nitrogens with zero attached hydrogens (tertiary/aromatic N) is 4. The number of benzene rings is 1. The molecular weight excluding hydrogens is 394 g/mol. The number of ether oxygens (including phenoxy) is 2. The van der Waals surface area contributed by atoms with Gasteiger partial charge in [-0.05, 0) is 31.5 Å². The predicted molar refractivity (Wildman–Crippen MR) is 107 cm³/mol. The Balaban J connectivity index is 1.83. The van der Waals surface area contributed by atoms with Crippen LogP contribution in [0.2, 0.25) is 0 Å². The van der Waals surface area contributed by atoms with E-state index in [-0.39, 0.29) is 30.3 Å². The fourth-order valence-corrected chi connectivity index (χ4v) is 3.20. The molecular formula is C19H23N5O6. The summed E-state index contributed by atoms with van der Waals surface area (Å²) in [5.41, 5.74) is 6.91. The van der Waals surface area contributed by atoms with Gasteiger partial charge in [0.1, 0.15) is 30.3 Å². The molecule has 1 aliphatic rings. The van der Waals surface area contributed by atoms with Crippen molar-refractivity contribution in [3.05, 3.63) is 51.5 Å². The first-order chi connectivity index (χ1) is 14.3. The van der Waals surface area contributed by atoms with Gasteiger partial charge in [-0.25, -0.2) is 9.98 Å². The molecule has 11 heteroatoms. The van der Waals surface area contributed by atoms with Gasteiger partial charge in [0.25, 0.3) is 5.69 Å². The lowest BCUT2D eigenvalue weighted by Gasteiger charge is -2.17.